The Morgan fingerprint density at radius 1 is 1.35 bits per heavy atom. The monoisotopic (exact) mass is 237 g/mol. The fraction of sp³-hybridized carbons (Fsp3) is 0.714. The molecule has 96 valence electrons. The second-order valence-electron chi connectivity index (χ2n) is 5.22. The Morgan fingerprint density at radius 3 is 2.65 bits per heavy atom. The second-order valence-corrected chi connectivity index (χ2v) is 5.22. The third-order valence-electron chi connectivity index (χ3n) is 3.74. The Bertz CT molecular complexity index is 372. The van der Waals surface area contributed by atoms with Gasteiger partial charge in [-0.05, 0) is 39.7 Å². The summed E-state index contributed by atoms with van der Waals surface area (Å²) in [6.07, 6.45) is 4.16. The Hall–Kier alpha value is -0.800. The molecule has 1 unspecified atom stereocenters. The van der Waals surface area contributed by atoms with Crippen molar-refractivity contribution in [3.63, 3.8) is 0 Å². The van der Waals surface area contributed by atoms with Gasteiger partial charge in [-0.1, -0.05) is 12.8 Å². The molecule has 3 atom stereocenters. The molecule has 1 aliphatic carbocycles. The number of rotatable bonds is 3. The van der Waals surface area contributed by atoms with Gasteiger partial charge in [0.25, 0.3) is 0 Å². The van der Waals surface area contributed by atoms with Gasteiger partial charge in [-0.15, -0.1) is 0 Å². The van der Waals surface area contributed by atoms with Crippen molar-refractivity contribution < 1.29 is 9.52 Å². The van der Waals surface area contributed by atoms with Crippen LogP contribution >= 0.6 is 0 Å². The summed E-state index contributed by atoms with van der Waals surface area (Å²) in [5.41, 5.74) is 1.21. The van der Waals surface area contributed by atoms with Crippen molar-refractivity contribution in [2.75, 3.05) is 0 Å². The number of nitrogens with one attached hydrogen (secondary N) is 1. The van der Waals surface area contributed by atoms with Crippen LogP contribution in [0.15, 0.2) is 10.5 Å². The van der Waals surface area contributed by atoms with Gasteiger partial charge in [0.15, 0.2) is 0 Å². The van der Waals surface area contributed by atoms with Gasteiger partial charge in [-0.25, -0.2) is 0 Å². The van der Waals surface area contributed by atoms with Gasteiger partial charge >= 0.3 is 0 Å². The first kappa shape index (κ1) is 12.7. The molecule has 1 aromatic heterocycles. The molecule has 0 spiro atoms. The van der Waals surface area contributed by atoms with Crippen molar-refractivity contribution in [3.8, 4) is 0 Å². The molecular weight excluding hydrogens is 214 g/mol. The van der Waals surface area contributed by atoms with Crippen LogP contribution < -0.4 is 5.32 Å². The minimum absolute atomic E-state index is 0.195. The molecule has 2 N–H and O–H groups in total. The quantitative estimate of drug-likeness (QED) is 0.849. The number of hydrogen-bond acceptors (Lipinski definition) is 3. The standard InChI is InChI=1S/C14H23NO2/c1-9-8-12(11(3)17-9)10(2)15-13-6-4-5-7-14(13)16/h8,10,13-16H,4-7H2,1-3H3/t10?,13-,14-/m0/s1. The van der Waals surface area contributed by atoms with E-state index in [9.17, 15) is 5.11 Å². The first-order valence-electron chi connectivity index (χ1n) is 6.59. The highest BCUT2D eigenvalue weighted by Gasteiger charge is 2.25. The Morgan fingerprint density at radius 2 is 2.06 bits per heavy atom. The normalized spacial score (nSPS) is 27.1. The van der Waals surface area contributed by atoms with Crippen LogP contribution in [0, 0.1) is 13.8 Å². The Balaban J connectivity index is 2.00. The minimum Gasteiger partial charge on any atom is -0.466 e. The Kier molecular flexibility index (Phi) is 3.89. The number of aliphatic hydroxyl groups excluding tert-OH is 1. The van der Waals surface area contributed by atoms with E-state index in [0.717, 1.165) is 30.8 Å². The lowest BCUT2D eigenvalue weighted by atomic mass is 9.91. The molecule has 1 saturated carbocycles. The van der Waals surface area contributed by atoms with E-state index in [1.54, 1.807) is 0 Å². The van der Waals surface area contributed by atoms with Crippen LogP contribution in [0.4, 0.5) is 0 Å². The molecule has 2 rings (SSSR count). The molecule has 0 aliphatic heterocycles. The molecule has 0 bridgehead atoms. The first-order chi connectivity index (χ1) is 8.08. The summed E-state index contributed by atoms with van der Waals surface area (Å²) in [6.45, 7) is 6.11. The average molecular weight is 237 g/mol. The van der Waals surface area contributed by atoms with Gasteiger partial charge in [0.05, 0.1) is 6.10 Å². The van der Waals surface area contributed by atoms with Crippen molar-refractivity contribution in [2.24, 2.45) is 0 Å². The van der Waals surface area contributed by atoms with E-state index in [4.69, 9.17) is 4.42 Å². The molecule has 1 fully saturated rings. The van der Waals surface area contributed by atoms with Crippen molar-refractivity contribution in [2.45, 2.75) is 64.6 Å². The molecule has 1 heterocycles. The third kappa shape index (κ3) is 2.90. The fourth-order valence-corrected chi connectivity index (χ4v) is 2.80. The van der Waals surface area contributed by atoms with Gasteiger partial charge in [0.1, 0.15) is 11.5 Å². The lowest BCUT2D eigenvalue weighted by Gasteiger charge is -2.31. The summed E-state index contributed by atoms with van der Waals surface area (Å²) in [5.74, 6) is 1.93. The molecule has 1 aliphatic rings. The Labute approximate surface area is 103 Å². The maximum absolute atomic E-state index is 9.95. The van der Waals surface area contributed by atoms with Crippen molar-refractivity contribution in [1.29, 1.82) is 0 Å². The van der Waals surface area contributed by atoms with Crippen LogP contribution in [-0.4, -0.2) is 17.3 Å². The summed E-state index contributed by atoms with van der Waals surface area (Å²) in [6, 6.07) is 2.56. The molecule has 0 radical (unpaired) electrons. The number of aryl methyl sites for hydroxylation is 2. The molecule has 0 saturated heterocycles. The van der Waals surface area contributed by atoms with E-state index in [0.29, 0.717) is 0 Å². The van der Waals surface area contributed by atoms with Gasteiger partial charge in [0.2, 0.25) is 0 Å². The molecule has 17 heavy (non-hydrogen) atoms. The zero-order valence-electron chi connectivity index (χ0n) is 11.0. The molecule has 0 amide bonds. The van der Waals surface area contributed by atoms with Crippen LogP contribution in [0.1, 0.15) is 55.7 Å². The molecular formula is C14H23NO2. The number of hydrogen-bond donors (Lipinski definition) is 2. The van der Waals surface area contributed by atoms with Crippen molar-refractivity contribution in [1.82, 2.24) is 5.32 Å². The summed E-state index contributed by atoms with van der Waals surface area (Å²) >= 11 is 0. The largest absolute Gasteiger partial charge is 0.466 e. The van der Waals surface area contributed by atoms with Gasteiger partial charge in [-0.3, -0.25) is 0 Å². The molecule has 3 nitrogen and oxygen atoms in total. The number of aliphatic hydroxyl groups is 1. The van der Waals surface area contributed by atoms with E-state index in [2.05, 4.69) is 18.3 Å². The zero-order valence-corrected chi connectivity index (χ0v) is 11.0. The first-order valence-corrected chi connectivity index (χ1v) is 6.59. The minimum atomic E-state index is -0.195. The smallest absolute Gasteiger partial charge is 0.105 e. The highest BCUT2D eigenvalue weighted by atomic mass is 16.3. The van der Waals surface area contributed by atoms with Crippen LogP contribution in [0.5, 0.6) is 0 Å². The fourth-order valence-electron chi connectivity index (χ4n) is 2.80. The van der Waals surface area contributed by atoms with E-state index < -0.39 is 0 Å². The van der Waals surface area contributed by atoms with Gasteiger partial charge in [-0.2, -0.15) is 0 Å². The molecule has 3 heteroatoms. The van der Waals surface area contributed by atoms with Gasteiger partial charge < -0.3 is 14.8 Å². The lowest BCUT2D eigenvalue weighted by molar-refractivity contribution is 0.0859. The maximum Gasteiger partial charge on any atom is 0.105 e. The molecule has 0 aromatic carbocycles. The zero-order chi connectivity index (χ0) is 12.4. The molecule has 1 aromatic rings. The van der Waals surface area contributed by atoms with Crippen molar-refractivity contribution in [3.05, 3.63) is 23.2 Å². The topological polar surface area (TPSA) is 45.4 Å². The third-order valence-corrected chi connectivity index (χ3v) is 3.74. The van der Waals surface area contributed by atoms with E-state index in [1.165, 1.54) is 12.0 Å². The van der Waals surface area contributed by atoms with Crippen LogP contribution in [0.25, 0.3) is 0 Å². The van der Waals surface area contributed by atoms with E-state index in [1.807, 2.05) is 13.8 Å². The van der Waals surface area contributed by atoms with Crippen molar-refractivity contribution >= 4 is 0 Å². The van der Waals surface area contributed by atoms with E-state index in [-0.39, 0.29) is 18.2 Å². The summed E-state index contributed by atoms with van der Waals surface area (Å²) in [5, 5.41) is 13.5. The van der Waals surface area contributed by atoms with Crippen LogP contribution in [-0.2, 0) is 0 Å². The number of furan rings is 1. The maximum atomic E-state index is 9.95. The predicted molar refractivity (Wildman–Crippen MR) is 68.0 cm³/mol. The van der Waals surface area contributed by atoms with E-state index >= 15 is 0 Å². The SMILES string of the molecule is Cc1cc(C(C)N[C@H]2CCCC[C@@H]2O)c(C)o1. The second kappa shape index (κ2) is 5.23. The van der Waals surface area contributed by atoms with Crippen LogP contribution in [0.2, 0.25) is 0 Å². The summed E-state index contributed by atoms with van der Waals surface area (Å²) in [4.78, 5) is 0. The average Bonchev–Trinajstić information content (AvgIpc) is 2.61. The predicted octanol–water partition coefficient (Wildman–Crippen LogP) is 2.85. The highest BCUT2D eigenvalue weighted by Crippen LogP contribution is 2.25. The summed E-state index contributed by atoms with van der Waals surface area (Å²) < 4.78 is 5.55. The summed E-state index contributed by atoms with van der Waals surface area (Å²) in [7, 11) is 0. The van der Waals surface area contributed by atoms with Gasteiger partial charge in [0, 0.05) is 17.6 Å². The van der Waals surface area contributed by atoms with Crippen LogP contribution in [0.3, 0.4) is 0 Å². The highest BCUT2D eigenvalue weighted by molar-refractivity contribution is 5.23. The lowest BCUT2D eigenvalue weighted by Crippen LogP contribution is -2.43.